The van der Waals surface area contributed by atoms with Crippen molar-refractivity contribution < 1.29 is 9.13 Å². The molecule has 4 nitrogen and oxygen atoms in total. The van der Waals surface area contributed by atoms with Crippen LogP contribution in [0.1, 0.15) is 26.7 Å². The summed E-state index contributed by atoms with van der Waals surface area (Å²) in [4.78, 5) is 1.92. The van der Waals surface area contributed by atoms with Crippen molar-refractivity contribution in [1.82, 2.24) is 0 Å². The third-order valence-corrected chi connectivity index (χ3v) is 3.83. The number of methoxy groups -OCH3 is 1. The van der Waals surface area contributed by atoms with Crippen LogP contribution in [0.2, 0.25) is 5.02 Å². The van der Waals surface area contributed by atoms with Gasteiger partial charge in [-0.2, -0.15) is 0 Å². The molecule has 0 heterocycles. The lowest BCUT2D eigenvalue weighted by molar-refractivity contribution is 0.202. The molecule has 1 rings (SSSR count). The van der Waals surface area contributed by atoms with Crippen LogP contribution in [0.5, 0.6) is 0 Å². The molecule has 0 saturated carbocycles. The first kappa shape index (κ1) is 16.9. The van der Waals surface area contributed by atoms with E-state index >= 15 is 0 Å². The molecule has 1 aromatic rings. The van der Waals surface area contributed by atoms with Gasteiger partial charge in [-0.05, 0) is 18.9 Å². The van der Waals surface area contributed by atoms with E-state index in [2.05, 4.69) is 13.8 Å². The number of ether oxygens (including phenoxy) is 1. The first-order valence-electron chi connectivity index (χ1n) is 6.76. The lowest BCUT2D eigenvalue weighted by atomic mass is 10.1. The van der Waals surface area contributed by atoms with E-state index in [9.17, 15) is 4.39 Å². The molecule has 0 saturated heterocycles. The van der Waals surface area contributed by atoms with Crippen LogP contribution >= 0.6 is 11.6 Å². The number of nitrogen functional groups attached to an aromatic ring is 2. The van der Waals surface area contributed by atoms with Crippen LogP contribution < -0.4 is 16.4 Å². The molecule has 0 radical (unpaired) electrons. The summed E-state index contributed by atoms with van der Waals surface area (Å²) in [6, 6.07) is 1.67. The molecule has 0 aliphatic rings. The Morgan fingerprint density at radius 3 is 2.40 bits per heavy atom. The molecule has 0 bridgehead atoms. The molecule has 4 N–H and O–H groups in total. The van der Waals surface area contributed by atoms with E-state index in [4.69, 9.17) is 27.8 Å². The molecule has 0 amide bonds. The van der Waals surface area contributed by atoms with Crippen molar-refractivity contribution in [2.24, 2.45) is 0 Å². The average Bonchev–Trinajstić information content (AvgIpc) is 2.42. The Labute approximate surface area is 124 Å². The molecule has 1 aromatic carbocycles. The molecule has 0 spiro atoms. The molecule has 6 heteroatoms. The van der Waals surface area contributed by atoms with Crippen molar-refractivity contribution in [3.8, 4) is 0 Å². The SMILES string of the molecule is CCC(CC)N(CCOC)c1c(N)cc(N)c(Cl)c1F. The van der Waals surface area contributed by atoms with E-state index in [1.165, 1.54) is 6.07 Å². The Kier molecular flexibility index (Phi) is 6.36. The van der Waals surface area contributed by atoms with Gasteiger partial charge in [-0.1, -0.05) is 25.4 Å². The maximum absolute atomic E-state index is 14.5. The lowest BCUT2D eigenvalue weighted by Gasteiger charge is -2.34. The third-order valence-electron chi connectivity index (χ3n) is 3.45. The van der Waals surface area contributed by atoms with E-state index in [0.29, 0.717) is 24.5 Å². The molecule has 20 heavy (non-hydrogen) atoms. The van der Waals surface area contributed by atoms with Crippen molar-refractivity contribution in [3.63, 3.8) is 0 Å². The van der Waals surface area contributed by atoms with Crippen LogP contribution in [-0.2, 0) is 4.74 Å². The molecule has 0 unspecified atom stereocenters. The molecule has 114 valence electrons. The van der Waals surface area contributed by atoms with Crippen molar-refractivity contribution in [3.05, 3.63) is 16.9 Å². The minimum Gasteiger partial charge on any atom is -0.397 e. The number of anilines is 3. The summed E-state index contributed by atoms with van der Waals surface area (Å²) >= 11 is 5.91. The second kappa shape index (κ2) is 7.55. The Morgan fingerprint density at radius 1 is 1.30 bits per heavy atom. The van der Waals surface area contributed by atoms with Gasteiger partial charge in [-0.3, -0.25) is 0 Å². The fraction of sp³-hybridized carbons (Fsp3) is 0.571. The zero-order valence-electron chi connectivity index (χ0n) is 12.2. The molecule has 0 fully saturated rings. The van der Waals surface area contributed by atoms with Crippen molar-refractivity contribution in [1.29, 1.82) is 0 Å². The van der Waals surface area contributed by atoms with Gasteiger partial charge in [0.1, 0.15) is 5.02 Å². The average molecular weight is 304 g/mol. The van der Waals surface area contributed by atoms with Crippen molar-refractivity contribution in [2.45, 2.75) is 32.7 Å². The van der Waals surface area contributed by atoms with Crippen molar-refractivity contribution >= 4 is 28.7 Å². The van der Waals surface area contributed by atoms with Gasteiger partial charge < -0.3 is 21.1 Å². The number of nitrogens with two attached hydrogens (primary N) is 2. The normalized spacial score (nSPS) is 11.1. The van der Waals surface area contributed by atoms with E-state index in [-0.39, 0.29) is 16.8 Å². The fourth-order valence-corrected chi connectivity index (χ4v) is 2.49. The zero-order chi connectivity index (χ0) is 15.3. The highest BCUT2D eigenvalue weighted by Crippen LogP contribution is 2.37. The van der Waals surface area contributed by atoms with Gasteiger partial charge in [0, 0.05) is 19.7 Å². The van der Waals surface area contributed by atoms with Crippen LogP contribution in [-0.4, -0.2) is 26.3 Å². The summed E-state index contributed by atoms with van der Waals surface area (Å²) in [6.45, 7) is 5.14. The number of halogens is 2. The first-order chi connectivity index (χ1) is 9.47. The van der Waals surface area contributed by atoms with Gasteiger partial charge >= 0.3 is 0 Å². The standard InChI is InChI=1S/C14H23ClFN3O/c1-4-9(5-2)19(6-7-20-3)14-11(18)8-10(17)12(15)13(14)16/h8-9H,4-7,17-18H2,1-3H3. The van der Waals surface area contributed by atoms with Crippen LogP contribution in [0.25, 0.3) is 0 Å². The molecular formula is C14H23ClFN3O. The first-order valence-corrected chi connectivity index (χ1v) is 7.14. The van der Waals surface area contributed by atoms with Gasteiger partial charge in [0.15, 0.2) is 5.82 Å². The quantitative estimate of drug-likeness (QED) is 0.759. The molecule has 0 aliphatic carbocycles. The molecule has 0 aromatic heterocycles. The third kappa shape index (κ3) is 3.46. The predicted molar refractivity (Wildman–Crippen MR) is 83.8 cm³/mol. The van der Waals surface area contributed by atoms with Gasteiger partial charge in [0.05, 0.1) is 23.7 Å². The summed E-state index contributed by atoms with van der Waals surface area (Å²) < 4.78 is 19.6. The number of rotatable bonds is 7. The van der Waals surface area contributed by atoms with E-state index in [1.54, 1.807) is 7.11 Å². The van der Waals surface area contributed by atoms with E-state index < -0.39 is 5.82 Å². The highest BCUT2D eigenvalue weighted by atomic mass is 35.5. The predicted octanol–water partition coefficient (Wildman–Crippen LogP) is 3.28. The lowest BCUT2D eigenvalue weighted by Crippen LogP contribution is -2.38. The molecule has 0 aliphatic heterocycles. The highest BCUT2D eigenvalue weighted by Gasteiger charge is 2.24. The second-order valence-corrected chi connectivity index (χ2v) is 5.07. The molecule has 0 atom stereocenters. The van der Waals surface area contributed by atoms with Crippen LogP contribution in [0.15, 0.2) is 6.07 Å². The van der Waals surface area contributed by atoms with Crippen LogP contribution in [0.3, 0.4) is 0 Å². The Morgan fingerprint density at radius 2 is 1.90 bits per heavy atom. The summed E-state index contributed by atoms with van der Waals surface area (Å²) in [7, 11) is 1.61. The molecular weight excluding hydrogens is 281 g/mol. The number of hydrogen-bond donors (Lipinski definition) is 2. The largest absolute Gasteiger partial charge is 0.397 e. The minimum atomic E-state index is -0.563. The van der Waals surface area contributed by atoms with Gasteiger partial charge in [0.2, 0.25) is 0 Å². The van der Waals surface area contributed by atoms with E-state index in [1.807, 2.05) is 4.90 Å². The Bertz CT molecular complexity index is 453. The number of hydrogen-bond acceptors (Lipinski definition) is 4. The minimum absolute atomic E-state index is 0.0810. The summed E-state index contributed by atoms with van der Waals surface area (Å²) in [5, 5.41) is -0.0810. The number of benzene rings is 1. The fourth-order valence-electron chi connectivity index (χ4n) is 2.34. The second-order valence-electron chi connectivity index (χ2n) is 4.69. The topological polar surface area (TPSA) is 64.5 Å². The van der Waals surface area contributed by atoms with Gasteiger partial charge in [0.25, 0.3) is 0 Å². The van der Waals surface area contributed by atoms with E-state index in [0.717, 1.165) is 12.8 Å². The smallest absolute Gasteiger partial charge is 0.169 e. The Hall–Kier alpha value is -1.20. The maximum atomic E-state index is 14.5. The summed E-state index contributed by atoms with van der Waals surface area (Å²) in [5.74, 6) is -0.563. The number of nitrogens with zero attached hydrogens (tertiary/aromatic N) is 1. The maximum Gasteiger partial charge on any atom is 0.169 e. The Balaban J connectivity index is 3.29. The zero-order valence-corrected chi connectivity index (χ0v) is 13.0. The van der Waals surface area contributed by atoms with Crippen molar-refractivity contribution in [2.75, 3.05) is 36.6 Å². The summed E-state index contributed by atoms with van der Waals surface area (Å²) in [5.41, 5.74) is 12.4. The van der Waals surface area contributed by atoms with Crippen LogP contribution in [0.4, 0.5) is 21.5 Å². The summed E-state index contributed by atoms with van der Waals surface area (Å²) in [6.07, 6.45) is 1.75. The van der Waals surface area contributed by atoms with Gasteiger partial charge in [-0.15, -0.1) is 0 Å². The highest BCUT2D eigenvalue weighted by molar-refractivity contribution is 6.33. The van der Waals surface area contributed by atoms with Crippen LogP contribution in [0, 0.1) is 5.82 Å². The monoisotopic (exact) mass is 303 g/mol. The van der Waals surface area contributed by atoms with Gasteiger partial charge in [-0.25, -0.2) is 4.39 Å².